The number of nitrogens with one attached hydrogen (secondary N) is 1. The lowest BCUT2D eigenvalue weighted by molar-refractivity contribution is -0.192. The highest BCUT2D eigenvalue weighted by Gasteiger charge is 2.38. The number of carbonyl (C=O) groups excluding carboxylic acids is 1. The number of aliphatic carboxylic acids is 1. The third-order valence-electron chi connectivity index (χ3n) is 4.95. The number of hydrogen-bond acceptors (Lipinski definition) is 4. The number of halogens is 3. The molecule has 3 aromatic rings. The van der Waals surface area contributed by atoms with E-state index in [1.165, 1.54) is 6.07 Å². The number of benzene rings is 3. The lowest BCUT2D eigenvalue weighted by Gasteiger charge is -2.25. The number of carboxylic acids is 2. The second-order valence-electron chi connectivity index (χ2n) is 7.66. The highest BCUT2D eigenvalue weighted by molar-refractivity contribution is 6.05. The van der Waals surface area contributed by atoms with Crippen LogP contribution in [0.5, 0.6) is 0 Å². The molecule has 0 aliphatic heterocycles. The molecule has 1 amide bonds. The minimum absolute atomic E-state index is 0.157. The van der Waals surface area contributed by atoms with Crippen molar-refractivity contribution < 1.29 is 37.8 Å². The van der Waals surface area contributed by atoms with Crippen molar-refractivity contribution in [3.63, 3.8) is 0 Å². The van der Waals surface area contributed by atoms with Crippen LogP contribution in [0.25, 0.3) is 0 Å². The van der Waals surface area contributed by atoms with E-state index in [9.17, 15) is 27.9 Å². The van der Waals surface area contributed by atoms with E-state index >= 15 is 0 Å². The van der Waals surface area contributed by atoms with Gasteiger partial charge in [-0.25, -0.2) is 9.59 Å². The Labute approximate surface area is 205 Å². The van der Waals surface area contributed by atoms with Crippen LogP contribution in [0, 0.1) is 6.92 Å². The number of anilines is 2. The van der Waals surface area contributed by atoms with E-state index in [1.807, 2.05) is 61.2 Å². The van der Waals surface area contributed by atoms with Gasteiger partial charge in [0.05, 0.1) is 11.3 Å². The molecule has 36 heavy (non-hydrogen) atoms. The molecule has 7 nitrogen and oxygen atoms in total. The summed E-state index contributed by atoms with van der Waals surface area (Å²) in [5, 5.41) is 19.7. The van der Waals surface area contributed by atoms with Gasteiger partial charge in [0.2, 0.25) is 0 Å². The quantitative estimate of drug-likeness (QED) is 0.388. The zero-order valence-electron chi connectivity index (χ0n) is 19.5. The summed E-state index contributed by atoms with van der Waals surface area (Å²) in [5.41, 5.74) is 3.85. The van der Waals surface area contributed by atoms with Gasteiger partial charge in [-0.05, 0) is 49.7 Å². The molecule has 0 spiro atoms. The van der Waals surface area contributed by atoms with Crippen molar-refractivity contribution in [1.29, 1.82) is 0 Å². The Morgan fingerprint density at radius 2 is 1.56 bits per heavy atom. The van der Waals surface area contributed by atoms with Gasteiger partial charge in [-0.3, -0.25) is 4.79 Å². The third-order valence-corrected chi connectivity index (χ3v) is 4.95. The maximum absolute atomic E-state index is 12.5. The number of hydrogen-bond donors (Lipinski definition) is 3. The summed E-state index contributed by atoms with van der Waals surface area (Å²) < 4.78 is 31.7. The predicted molar refractivity (Wildman–Crippen MR) is 129 cm³/mol. The first kappa shape index (κ1) is 27.9. The SMILES string of the molecule is CCN(Cc1ccccc1)c1ccc(NC(=O)c2cccc(C)c2)cc1C(=O)O.O=C(O)C(F)(F)F. The van der Waals surface area contributed by atoms with Crippen molar-refractivity contribution in [2.75, 3.05) is 16.8 Å². The third kappa shape index (κ3) is 8.15. The van der Waals surface area contributed by atoms with E-state index in [-0.39, 0.29) is 11.5 Å². The molecule has 0 radical (unpaired) electrons. The van der Waals surface area contributed by atoms with Crippen LogP contribution in [0.1, 0.15) is 38.8 Å². The number of rotatable bonds is 7. The molecule has 0 saturated heterocycles. The zero-order valence-corrected chi connectivity index (χ0v) is 19.5. The average molecular weight is 502 g/mol. The molecule has 0 aliphatic carbocycles. The Morgan fingerprint density at radius 1 is 0.917 bits per heavy atom. The number of aromatic carboxylic acids is 1. The molecule has 0 heterocycles. The number of alkyl halides is 3. The van der Waals surface area contributed by atoms with E-state index in [4.69, 9.17) is 9.90 Å². The normalized spacial score (nSPS) is 10.6. The summed E-state index contributed by atoms with van der Waals surface area (Å²) in [6.45, 7) is 5.17. The zero-order chi connectivity index (χ0) is 26.9. The molecule has 0 aliphatic rings. The van der Waals surface area contributed by atoms with Crippen LogP contribution in [0.15, 0.2) is 72.8 Å². The Kier molecular flexibility index (Phi) is 9.60. The number of carboxylic acid groups (broad SMARTS) is 2. The fourth-order valence-electron chi connectivity index (χ4n) is 3.22. The van der Waals surface area contributed by atoms with Gasteiger partial charge < -0.3 is 20.4 Å². The first-order chi connectivity index (χ1) is 16.9. The molecule has 190 valence electrons. The van der Waals surface area contributed by atoms with Crippen molar-refractivity contribution in [2.45, 2.75) is 26.6 Å². The van der Waals surface area contributed by atoms with Gasteiger partial charge in [-0.2, -0.15) is 13.2 Å². The summed E-state index contributed by atoms with van der Waals surface area (Å²) in [6.07, 6.45) is -5.08. The van der Waals surface area contributed by atoms with Gasteiger partial charge >= 0.3 is 18.1 Å². The van der Waals surface area contributed by atoms with Crippen LogP contribution in [-0.4, -0.2) is 40.8 Å². The lowest BCUT2D eigenvalue weighted by Crippen LogP contribution is -2.24. The van der Waals surface area contributed by atoms with Gasteiger partial charge in [0.15, 0.2) is 0 Å². The standard InChI is InChI=1S/C24H24N2O3.C2HF3O2/c1-3-26(16-18-9-5-4-6-10-18)22-13-12-20(15-21(22)24(28)29)25-23(27)19-11-7-8-17(2)14-19;3-2(4,5)1(6)7/h4-15H,3,16H2,1-2H3,(H,25,27)(H,28,29);(H,6,7). The van der Waals surface area contributed by atoms with E-state index in [2.05, 4.69) is 5.32 Å². The fourth-order valence-corrected chi connectivity index (χ4v) is 3.22. The fraction of sp³-hybridized carbons (Fsp3) is 0.192. The lowest BCUT2D eigenvalue weighted by atomic mass is 10.1. The van der Waals surface area contributed by atoms with E-state index < -0.39 is 18.1 Å². The Morgan fingerprint density at radius 3 is 2.08 bits per heavy atom. The van der Waals surface area contributed by atoms with Crippen molar-refractivity contribution in [3.8, 4) is 0 Å². The molecular weight excluding hydrogens is 477 g/mol. The highest BCUT2D eigenvalue weighted by Crippen LogP contribution is 2.26. The van der Waals surface area contributed by atoms with Crippen LogP contribution < -0.4 is 10.2 Å². The maximum atomic E-state index is 12.5. The molecule has 0 fully saturated rings. The van der Waals surface area contributed by atoms with Crippen molar-refractivity contribution in [3.05, 3.63) is 95.1 Å². The van der Waals surface area contributed by atoms with Crippen molar-refractivity contribution >= 4 is 29.2 Å². The molecule has 0 unspecified atom stereocenters. The van der Waals surface area contributed by atoms with E-state index in [0.29, 0.717) is 30.0 Å². The largest absolute Gasteiger partial charge is 0.490 e. The molecule has 0 atom stereocenters. The molecule has 3 rings (SSSR count). The summed E-state index contributed by atoms with van der Waals surface area (Å²) in [6, 6.07) is 22.2. The van der Waals surface area contributed by atoms with Crippen LogP contribution in [-0.2, 0) is 11.3 Å². The van der Waals surface area contributed by atoms with Gasteiger partial charge in [-0.1, -0.05) is 48.0 Å². The molecular formula is C26H25F3N2O5. The van der Waals surface area contributed by atoms with Crippen LogP contribution in [0.4, 0.5) is 24.5 Å². The average Bonchev–Trinajstić information content (AvgIpc) is 2.83. The van der Waals surface area contributed by atoms with Crippen molar-refractivity contribution in [2.24, 2.45) is 0 Å². The van der Waals surface area contributed by atoms with Gasteiger partial charge in [0.1, 0.15) is 0 Å². The van der Waals surface area contributed by atoms with Gasteiger partial charge in [-0.15, -0.1) is 0 Å². The minimum atomic E-state index is -5.08. The minimum Gasteiger partial charge on any atom is -0.478 e. The summed E-state index contributed by atoms with van der Waals surface area (Å²) in [5.74, 6) is -4.06. The second kappa shape index (κ2) is 12.4. The van der Waals surface area contributed by atoms with Gasteiger partial charge in [0, 0.05) is 24.3 Å². The monoisotopic (exact) mass is 502 g/mol. The summed E-state index contributed by atoms with van der Waals surface area (Å²) in [4.78, 5) is 35.3. The molecule has 3 N–H and O–H groups in total. The Bertz CT molecular complexity index is 1210. The first-order valence-electron chi connectivity index (χ1n) is 10.8. The molecule has 0 saturated carbocycles. The smallest absolute Gasteiger partial charge is 0.478 e. The predicted octanol–water partition coefficient (Wildman–Crippen LogP) is 5.61. The van der Waals surface area contributed by atoms with E-state index in [0.717, 1.165) is 11.1 Å². The maximum Gasteiger partial charge on any atom is 0.490 e. The molecule has 0 bridgehead atoms. The Hall–Kier alpha value is -4.34. The van der Waals surface area contributed by atoms with Crippen LogP contribution >= 0.6 is 0 Å². The number of aryl methyl sites for hydroxylation is 1. The molecule has 3 aromatic carbocycles. The number of nitrogens with zero attached hydrogens (tertiary/aromatic N) is 1. The number of amides is 1. The van der Waals surface area contributed by atoms with E-state index in [1.54, 1.807) is 24.3 Å². The highest BCUT2D eigenvalue weighted by atomic mass is 19.4. The second-order valence-corrected chi connectivity index (χ2v) is 7.66. The summed E-state index contributed by atoms with van der Waals surface area (Å²) >= 11 is 0. The van der Waals surface area contributed by atoms with Gasteiger partial charge in [0.25, 0.3) is 5.91 Å². The molecule has 0 aromatic heterocycles. The number of carbonyl (C=O) groups is 3. The Balaban J connectivity index is 0.000000572. The topological polar surface area (TPSA) is 107 Å². The molecule has 10 heteroatoms. The van der Waals surface area contributed by atoms with Crippen LogP contribution in [0.2, 0.25) is 0 Å². The van der Waals surface area contributed by atoms with Crippen molar-refractivity contribution in [1.82, 2.24) is 0 Å². The first-order valence-corrected chi connectivity index (χ1v) is 10.8. The summed E-state index contributed by atoms with van der Waals surface area (Å²) in [7, 11) is 0. The van der Waals surface area contributed by atoms with Crippen LogP contribution in [0.3, 0.4) is 0 Å².